The molecule has 1 saturated heterocycles. The van der Waals surface area contributed by atoms with Crippen molar-refractivity contribution in [1.82, 2.24) is 20.9 Å². The molecule has 9 heteroatoms. The molecule has 3 amide bonds. The minimum atomic E-state index is -1.06. The van der Waals surface area contributed by atoms with E-state index in [0.717, 1.165) is 0 Å². The Kier molecular flexibility index (Phi) is 10.8. The van der Waals surface area contributed by atoms with Crippen LogP contribution < -0.4 is 21.7 Å². The normalized spacial score (nSPS) is 24.1. The molecule has 0 aromatic heterocycles. The maximum Gasteiger partial charge on any atom is 0.289 e. The predicted molar refractivity (Wildman–Crippen MR) is 158 cm³/mol. The van der Waals surface area contributed by atoms with Gasteiger partial charge in [0.05, 0.1) is 18.1 Å². The van der Waals surface area contributed by atoms with E-state index in [1.807, 2.05) is 25.7 Å². The van der Waals surface area contributed by atoms with Gasteiger partial charge in [0.25, 0.3) is 5.91 Å². The van der Waals surface area contributed by atoms with Gasteiger partial charge in [0.2, 0.25) is 17.6 Å². The molecule has 2 aliphatic rings. The summed E-state index contributed by atoms with van der Waals surface area (Å²) >= 11 is 0. The smallest absolute Gasteiger partial charge is 0.289 e. The van der Waals surface area contributed by atoms with Crippen LogP contribution in [0.25, 0.3) is 0 Å². The molecule has 2 unspecified atom stereocenters. The first kappa shape index (κ1) is 33.5. The highest BCUT2D eigenvalue weighted by Crippen LogP contribution is 2.65. The first-order valence-electron chi connectivity index (χ1n) is 14.3. The number of piperidine rings is 1. The Morgan fingerprint density at radius 3 is 2.27 bits per heavy atom. The highest BCUT2D eigenvalue weighted by molar-refractivity contribution is 6.38. The van der Waals surface area contributed by atoms with Gasteiger partial charge >= 0.3 is 0 Å². The van der Waals surface area contributed by atoms with Gasteiger partial charge in [-0.2, -0.15) is 0 Å². The lowest BCUT2D eigenvalue weighted by Crippen LogP contribution is -2.61. The molecule has 1 aliphatic carbocycles. The zero-order chi connectivity index (χ0) is 30.6. The molecule has 0 aromatic carbocycles. The van der Waals surface area contributed by atoms with Gasteiger partial charge < -0.3 is 21.7 Å². The Labute approximate surface area is 240 Å². The van der Waals surface area contributed by atoms with Gasteiger partial charge in [0, 0.05) is 32.1 Å². The number of nitrogens with one attached hydrogen (secondary N) is 3. The van der Waals surface area contributed by atoms with Gasteiger partial charge in [0.15, 0.2) is 0 Å². The monoisotopic (exact) mass is 557 g/mol. The summed E-state index contributed by atoms with van der Waals surface area (Å²) in [4.78, 5) is 55.2. The highest BCUT2D eigenvalue weighted by Gasteiger charge is 2.69. The van der Waals surface area contributed by atoms with E-state index in [0.29, 0.717) is 19.5 Å². The number of carbonyl (C=O) groups is 4. The Morgan fingerprint density at radius 2 is 1.77 bits per heavy atom. The molecular weight excluding hydrogens is 506 g/mol. The molecule has 40 heavy (non-hydrogen) atoms. The number of carbonyl (C=O) groups excluding carboxylic acids is 4. The molecule has 1 saturated carbocycles. The second kappa shape index (κ2) is 12.9. The highest BCUT2D eigenvalue weighted by atomic mass is 16.2. The molecule has 2 fully saturated rings. The maximum absolute atomic E-state index is 14.0. The molecule has 1 aliphatic heterocycles. The average Bonchev–Trinajstić information content (AvgIpc) is 3.16. The SMILES string of the molecule is C#CCCC(NC(=O)[C@@H]1[C@@H]2[C@H](CN1C(CC(C)(C)C)C(=O)N[C@H](CN)C(C)(C)C)C2(C)C)C(=O)C(=O)NCC=C. The zero-order valence-corrected chi connectivity index (χ0v) is 25.7. The van der Waals surface area contributed by atoms with Crippen LogP contribution in [0.15, 0.2) is 12.7 Å². The van der Waals surface area contributed by atoms with Gasteiger partial charge in [0.1, 0.15) is 0 Å². The van der Waals surface area contributed by atoms with Gasteiger partial charge in [-0.25, -0.2) is 0 Å². The average molecular weight is 558 g/mol. The fraction of sp³-hybridized carbons (Fsp3) is 0.742. The summed E-state index contributed by atoms with van der Waals surface area (Å²) in [7, 11) is 0. The van der Waals surface area contributed by atoms with Crippen LogP contribution in [0.1, 0.15) is 74.7 Å². The van der Waals surface area contributed by atoms with Crippen molar-refractivity contribution < 1.29 is 19.2 Å². The third kappa shape index (κ3) is 7.94. The van der Waals surface area contributed by atoms with Crippen LogP contribution in [0.4, 0.5) is 0 Å². The number of rotatable bonds is 13. The number of fused-ring (bicyclic) bond motifs is 1. The maximum atomic E-state index is 14.0. The van der Waals surface area contributed by atoms with Crippen LogP contribution in [-0.2, 0) is 19.2 Å². The number of nitrogens with zero attached hydrogens (tertiary/aromatic N) is 1. The largest absolute Gasteiger partial charge is 0.350 e. The van der Waals surface area contributed by atoms with E-state index in [9.17, 15) is 19.2 Å². The second-order valence-electron chi connectivity index (χ2n) is 14.2. The minimum Gasteiger partial charge on any atom is -0.350 e. The van der Waals surface area contributed by atoms with Gasteiger partial charge in [-0.15, -0.1) is 18.9 Å². The minimum absolute atomic E-state index is 0.0219. The molecule has 6 atom stereocenters. The molecule has 9 nitrogen and oxygen atoms in total. The van der Waals surface area contributed by atoms with E-state index in [1.165, 1.54) is 6.08 Å². The summed E-state index contributed by atoms with van der Waals surface area (Å²) in [5.74, 6) is 0.691. The van der Waals surface area contributed by atoms with Crippen molar-refractivity contribution in [2.45, 2.75) is 98.8 Å². The fourth-order valence-electron chi connectivity index (χ4n) is 5.95. The van der Waals surface area contributed by atoms with E-state index < -0.39 is 29.8 Å². The van der Waals surface area contributed by atoms with Gasteiger partial charge in [-0.3, -0.25) is 24.1 Å². The number of likely N-dealkylation sites (tertiary alicyclic amines) is 1. The molecule has 0 aromatic rings. The van der Waals surface area contributed by atoms with Crippen LogP contribution in [0.3, 0.4) is 0 Å². The Balaban J connectivity index is 2.40. The number of hydrogen-bond donors (Lipinski definition) is 4. The Hall–Kier alpha value is -2.70. The summed E-state index contributed by atoms with van der Waals surface area (Å²) in [6, 6.07) is -2.48. The van der Waals surface area contributed by atoms with Crippen LogP contribution in [-0.4, -0.2) is 72.2 Å². The summed E-state index contributed by atoms with van der Waals surface area (Å²) in [5, 5.41) is 8.49. The zero-order valence-electron chi connectivity index (χ0n) is 25.7. The summed E-state index contributed by atoms with van der Waals surface area (Å²) in [5.41, 5.74) is 5.52. The number of hydrogen-bond acceptors (Lipinski definition) is 6. The van der Waals surface area contributed by atoms with Gasteiger partial charge in [-0.1, -0.05) is 61.5 Å². The number of ketones is 1. The van der Waals surface area contributed by atoms with Crippen molar-refractivity contribution in [3.05, 3.63) is 12.7 Å². The molecule has 224 valence electrons. The summed E-state index contributed by atoms with van der Waals surface area (Å²) in [6.07, 6.45) is 7.81. The standard InChI is InChI=1S/C31H51N5O4/c1-11-13-14-20(25(37)28(40)33-15-12-2)34-27(39)24-23-19(31(23,9)10)18-36(24)21(16-29(3,4)5)26(38)35-22(17-32)30(6,7)8/h1,12,19-24H,2,13-18,32H2,3-10H3,(H,33,40)(H,34,39)(H,35,38)/t19-,20?,21?,22+,23-,24-/m0/s1. The lowest BCUT2D eigenvalue weighted by atomic mass is 9.84. The first-order chi connectivity index (χ1) is 18.4. The molecule has 2 rings (SSSR count). The summed E-state index contributed by atoms with van der Waals surface area (Å²) < 4.78 is 0. The first-order valence-corrected chi connectivity index (χ1v) is 14.3. The van der Waals surface area contributed by atoms with Crippen molar-refractivity contribution >= 4 is 23.5 Å². The number of nitrogens with two attached hydrogens (primary N) is 1. The van der Waals surface area contributed by atoms with Crippen LogP contribution >= 0.6 is 0 Å². The summed E-state index contributed by atoms with van der Waals surface area (Å²) in [6.45, 7) is 21.2. The topological polar surface area (TPSA) is 134 Å². The van der Waals surface area contributed by atoms with Crippen molar-refractivity contribution in [3.63, 3.8) is 0 Å². The van der Waals surface area contributed by atoms with Crippen LogP contribution in [0, 0.1) is 40.4 Å². The molecule has 1 heterocycles. The predicted octanol–water partition coefficient (Wildman–Crippen LogP) is 2.01. The van der Waals surface area contributed by atoms with Crippen molar-refractivity contribution in [2.24, 2.45) is 33.8 Å². The van der Waals surface area contributed by atoms with Crippen LogP contribution in [0.2, 0.25) is 0 Å². The lowest BCUT2D eigenvalue weighted by molar-refractivity contribution is -0.141. The van der Waals surface area contributed by atoms with E-state index in [1.54, 1.807) is 0 Å². The quantitative estimate of drug-likeness (QED) is 0.156. The number of terminal acetylenes is 1. The molecular formula is C31H51N5O4. The number of amides is 3. The molecule has 5 N–H and O–H groups in total. The van der Waals surface area contributed by atoms with Crippen molar-refractivity contribution in [1.29, 1.82) is 0 Å². The van der Waals surface area contributed by atoms with Crippen molar-refractivity contribution in [3.8, 4) is 12.3 Å². The Bertz CT molecular complexity index is 1020. The fourth-order valence-corrected chi connectivity index (χ4v) is 5.95. The second-order valence-corrected chi connectivity index (χ2v) is 14.2. The van der Waals surface area contributed by atoms with Crippen molar-refractivity contribution in [2.75, 3.05) is 19.6 Å². The van der Waals surface area contributed by atoms with Gasteiger partial charge in [-0.05, 0) is 40.9 Å². The molecule has 0 bridgehead atoms. The van der Waals surface area contributed by atoms with E-state index in [4.69, 9.17) is 12.2 Å². The van der Waals surface area contributed by atoms with E-state index in [-0.39, 0.29) is 65.3 Å². The van der Waals surface area contributed by atoms with Crippen LogP contribution in [0.5, 0.6) is 0 Å². The lowest BCUT2D eigenvalue weighted by Gasteiger charge is -2.40. The van der Waals surface area contributed by atoms with E-state index >= 15 is 0 Å². The Morgan fingerprint density at radius 1 is 1.15 bits per heavy atom. The number of Topliss-reactive ketones (excluding diaryl/α,β-unsaturated/α-hetero) is 1. The third-order valence-electron chi connectivity index (χ3n) is 8.46. The molecule has 0 spiro atoms. The van der Waals surface area contributed by atoms with E-state index in [2.05, 4.69) is 63.1 Å². The molecule has 0 radical (unpaired) electrons. The third-order valence-corrected chi connectivity index (χ3v) is 8.46.